The van der Waals surface area contributed by atoms with Gasteiger partial charge in [0.1, 0.15) is 6.61 Å². The Morgan fingerprint density at radius 1 is 1.45 bits per heavy atom. The number of hydrogen-bond donors (Lipinski definition) is 0. The average Bonchev–Trinajstić information content (AvgIpc) is 1.80. The number of esters is 1. The summed E-state index contributed by atoms with van der Waals surface area (Å²) in [4.78, 5) is 11.1. The van der Waals surface area contributed by atoms with E-state index in [1.807, 2.05) is 27.7 Å². The van der Waals surface area contributed by atoms with E-state index in [4.69, 9.17) is 4.74 Å². The topological polar surface area (TPSA) is 26.3 Å². The Kier molecular flexibility index (Phi) is 3.30. The second-order valence-corrected chi connectivity index (χ2v) is 3.78. The molecule has 2 nitrogen and oxygen atoms in total. The van der Waals surface area contributed by atoms with Crippen molar-refractivity contribution < 1.29 is 9.53 Å². The van der Waals surface area contributed by atoms with Gasteiger partial charge in [-0.2, -0.15) is 0 Å². The van der Waals surface area contributed by atoms with Gasteiger partial charge in [-0.05, 0) is 33.3 Å². The lowest BCUT2D eigenvalue weighted by Gasteiger charge is -2.16. The summed E-state index contributed by atoms with van der Waals surface area (Å²) in [5.74, 6) is -0.180. The summed E-state index contributed by atoms with van der Waals surface area (Å²) in [6, 6.07) is 0. The molecule has 0 radical (unpaired) electrons. The van der Waals surface area contributed by atoms with Crippen LogP contribution in [-0.2, 0) is 9.53 Å². The first-order chi connectivity index (χ1) is 4.84. The monoisotopic (exact) mass is 156 g/mol. The third-order valence-electron chi connectivity index (χ3n) is 1.06. The molecule has 0 saturated heterocycles. The van der Waals surface area contributed by atoms with Crippen LogP contribution in [0.15, 0.2) is 12.2 Å². The standard InChI is InChI=1S/C9H16O2/c1-7(2)6-11-8(10)9(3,4)5/h1,6H2,2-5H3. The largest absolute Gasteiger partial charge is 0.461 e. The van der Waals surface area contributed by atoms with Crippen molar-refractivity contribution in [2.24, 2.45) is 5.41 Å². The first kappa shape index (κ1) is 10.2. The molecule has 0 fully saturated rings. The molecule has 2 heteroatoms. The number of ether oxygens (including phenoxy) is 1. The Labute approximate surface area is 68.2 Å². The van der Waals surface area contributed by atoms with E-state index in [0.717, 1.165) is 5.57 Å². The Balaban J connectivity index is 3.80. The van der Waals surface area contributed by atoms with Crippen molar-refractivity contribution in [3.05, 3.63) is 12.2 Å². The first-order valence-electron chi connectivity index (χ1n) is 3.65. The molecule has 0 amide bonds. The molecular weight excluding hydrogens is 140 g/mol. The predicted molar refractivity (Wildman–Crippen MR) is 45.2 cm³/mol. The van der Waals surface area contributed by atoms with Gasteiger partial charge in [-0.1, -0.05) is 6.58 Å². The summed E-state index contributed by atoms with van der Waals surface area (Å²) in [6.07, 6.45) is 0. The molecule has 0 aromatic rings. The molecule has 0 rings (SSSR count). The van der Waals surface area contributed by atoms with Gasteiger partial charge in [-0.15, -0.1) is 0 Å². The molecular formula is C9H16O2. The van der Waals surface area contributed by atoms with E-state index >= 15 is 0 Å². The SMILES string of the molecule is C=C(C)COC(=O)C(C)(C)C. The number of rotatable bonds is 2. The van der Waals surface area contributed by atoms with Gasteiger partial charge < -0.3 is 4.74 Å². The van der Waals surface area contributed by atoms with Crippen LogP contribution in [0.25, 0.3) is 0 Å². The fourth-order valence-corrected chi connectivity index (χ4v) is 0.405. The van der Waals surface area contributed by atoms with E-state index < -0.39 is 5.41 Å². The van der Waals surface area contributed by atoms with Gasteiger partial charge >= 0.3 is 5.97 Å². The molecule has 0 aromatic heterocycles. The molecule has 0 aliphatic carbocycles. The average molecular weight is 156 g/mol. The minimum absolute atomic E-state index is 0.180. The van der Waals surface area contributed by atoms with Crippen LogP contribution in [-0.4, -0.2) is 12.6 Å². The van der Waals surface area contributed by atoms with Crippen LogP contribution < -0.4 is 0 Å². The molecule has 0 atom stereocenters. The highest BCUT2D eigenvalue weighted by Crippen LogP contribution is 2.15. The smallest absolute Gasteiger partial charge is 0.311 e. The van der Waals surface area contributed by atoms with Crippen molar-refractivity contribution in [2.75, 3.05) is 6.61 Å². The van der Waals surface area contributed by atoms with Crippen molar-refractivity contribution in [1.82, 2.24) is 0 Å². The van der Waals surface area contributed by atoms with Gasteiger partial charge in [0.25, 0.3) is 0 Å². The predicted octanol–water partition coefficient (Wildman–Crippen LogP) is 2.15. The van der Waals surface area contributed by atoms with Crippen molar-refractivity contribution in [3.8, 4) is 0 Å². The van der Waals surface area contributed by atoms with E-state index in [1.54, 1.807) is 0 Å². The highest BCUT2D eigenvalue weighted by molar-refractivity contribution is 5.75. The molecule has 0 aliphatic rings. The first-order valence-corrected chi connectivity index (χ1v) is 3.65. The molecule has 0 saturated carbocycles. The zero-order valence-corrected chi connectivity index (χ0v) is 7.73. The third-order valence-corrected chi connectivity index (χ3v) is 1.06. The normalized spacial score (nSPS) is 10.9. The van der Waals surface area contributed by atoms with Crippen LogP contribution in [0, 0.1) is 5.41 Å². The van der Waals surface area contributed by atoms with E-state index in [1.165, 1.54) is 0 Å². The molecule has 0 spiro atoms. The molecule has 0 N–H and O–H groups in total. The molecule has 11 heavy (non-hydrogen) atoms. The summed E-state index contributed by atoms with van der Waals surface area (Å²) >= 11 is 0. The second-order valence-electron chi connectivity index (χ2n) is 3.78. The quantitative estimate of drug-likeness (QED) is 0.452. The summed E-state index contributed by atoms with van der Waals surface area (Å²) in [6.45, 7) is 11.3. The van der Waals surface area contributed by atoms with Crippen LogP contribution in [0.5, 0.6) is 0 Å². The van der Waals surface area contributed by atoms with E-state index in [2.05, 4.69) is 6.58 Å². The summed E-state index contributed by atoms with van der Waals surface area (Å²) < 4.78 is 4.93. The van der Waals surface area contributed by atoms with Crippen molar-refractivity contribution in [1.29, 1.82) is 0 Å². The lowest BCUT2D eigenvalue weighted by Crippen LogP contribution is -2.23. The van der Waals surface area contributed by atoms with E-state index in [9.17, 15) is 4.79 Å². The van der Waals surface area contributed by atoms with Gasteiger partial charge in [-0.3, -0.25) is 4.79 Å². The van der Waals surface area contributed by atoms with Gasteiger partial charge in [0.05, 0.1) is 5.41 Å². The minimum atomic E-state index is -0.407. The number of carbonyl (C=O) groups excluding carboxylic acids is 1. The highest BCUT2D eigenvalue weighted by atomic mass is 16.5. The van der Waals surface area contributed by atoms with Crippen LogP contribution >= 0.6 is 0 Å². The van der Waals surface area contributed by atoms with Crippen LogP contribution in [0.2, 0.25) is 0 Å². The van der Waals surface area contributed by atoms with Gasteiger partial charge in [0, 0.05) is 0 Å². The molecule has 0 heterocycles. The zero-order valence-electron chi connectivity index (χ0n) is 7.73. The van der Waals surface area contributed by atoms with Gasteiger partial charge in [-0.25, -0.2) is 0 Å². The van der Waals surface area contributed by atoms with Crippen molar-refractivity contribution in [2.45, 2.75) is 27.7 Å². The van der Waals surface area contributed by atoms with E-state index in [0.29, 0.717) is 6.61 Å². The molecule has 0 aromatic carbocycles. The zero-order chi connectivity index (χ0) is 9.07. The van der Waals surface area contributed by atoms with Gasteiger partial charge in [0.2, 0.25) is 0 Å². The summed E-state index contributed by atoms with van der Waals surface area (Å²) in [5.41, 5.74) is 0.456. The lowest BCUT2D eigenvalue weighted by molar-refractivity contribution is -0.151. The minimum Gasteiger partial charge on any atom is -0.461 e. The highest BCUT2D eigenvalue weighted by Gasteiger charge is 2.22. The maximum atomic E-state index is 11.1. The fourth-order valence-electron chi connectivity index (χ4n) is 0.405. The molecule has 0 bridgehead atoms. The Bertz CT molecular complexity index is 163. The maximum Gasteiger partial charge on any atom is 0.311 e. The lowest BCUT2D eigenvalue weighted by atomic mass is 9.97. The molecule has 0 aliphatic heterocycles. The van der Waals surface area contributed by atoms with Crippen LogP contribution in [0.4, 0.5) is 0 Å². The van der Waals surface area contributed by atoms with Gasteiger partial charge in [0.15, 0.2) is 0 Å². The fraction of sp³-hybridized carbons (Fsp3) is 0.667. The molecule has 64 valence electrons. The second kappa shape index (κ2) is 3.56. The maximum absolute atomic E-state index is 11.1. The Morgan fingerprint density at radius 2 is 1.91 bits per heavy atom. The summed E-state index contributed by atoms with van der Waals surface area (Å²) in [7, 11) is 0. The van der Waals surface area contributed by atoms with E-state index in [-0.39, 0.29) is 5.97 Å². The van der Waals surface area contributed by atoms with Crippen LogP contribution in [0.1, 0.15) is 27.7 Å². The van der Waals surface area contributed by atoms with Crippen LogP contribution in [0.3, 0.4) is 0 Å². The molecule has 0 unspecified atom stereocenters. The third kappa shape index (κ3) is 4.59. The number of carbonyl (C=O) groups is 1. The number of hydrogen-bond acceptors (Lipinski definition) is 2. The summed E-state index contributed by atoms with van der Waals surface area (Å²) in [5, 5.41) is 0. The Hall–Kier alpha value is -0.790. The Morgan fingerprint density at radius 3 is 2.18 bits per heavy atom. The van der Waals surface area contributed by atoms with Crippen molar-refractivity contribution >= 4 is 5.97 Å². The van der Waals surface area contributed by atoms with Crippen molar-refractivity contribution in [3.63, 3.8) is 0 Å².